The third kappa shape index (κ3) is 2.76. The number of hydrogen-bond acceptors (Lipinski definition) is 2. The van der Waals surface area contributed by atoms with Gasteiger partial charge in [-0.15, -0.1) is 0 Å². The summed E-state index contributed by atoms with van der Waals surface area (Å²) < 4.78 is 2.11. The molecule has 0 fully saturated rings. The van der Waals surface area contributed by atoms with Crippen LogP contribution in [-0.2, 0) is 6.54 Å². The fourth-order valence-electron chi connectivity index (χ4n) is 2.23. The Bertz CT molecular complexity index is 573. The molecule has 2 aromatic rings. The summed E-state index contributed by atoms with van der Waals surface area (Å²) in [5, 5.41) is 0.702. The van der Waals surface area contributed by atoms with Gasteiger partial charge in [0, 0.05) is 23.0 Å². The van der Waals surface area contributed by atoms with Crippen LogP contribution in [0.4, 0.5) is 5.82 Å². The number of benzene rings is 1. The maximum absolute atomic E-state index is 6.27. The van der Waals surface area contributed by atoms with Gasteiger partial charge in [-0.05, 0) is 18.6 Å². The van der Waals surface area contributed by atoms with Crippen LogP contribution < -0.4 is 5.73 Å². The molecule has 2 N–H and O–H groups in total. The molecule has 19 heavy (non-hydrogen) atoms. The number of nitrogens with zero attached hydrogens (tertiary/aromatic N) is 2. The first-order valence-electron chi connectivity index (χ1n) is 6.66. The molecule has 0 saturated heterocycles. The molecule has 0 spiro atoms. The summed E-state index contributed by atoms with van der Waals surface area (Å²) in [6, 6.07) is 7.67. The zero-order valence-electron chi connectivity index (χ0n) is 11.7. The van der Waals surface area contributed by atoms with Gasteiger partial charge < -0.3 is 10.3 Å². The lowest BCUT2D eigenvalue weighted by Gasteiger charge is -2.10. The number of aromatic nitrogens is 2. The van der Waals surface area contributed by atoms with E-state index in [2.05, 4.69) is 25.3 Å². The van der Waals surface area contributed by atoms with Crippen LogP contribution in [0.2, 0.25) is 5.02 Å². The largest absolute Gasteiger partial charge is 0.383 e. The molecule has 0 radical (unpaired) electrons. The van der Waals surface area contributed by atoms with Crippen molar-refractivity contribution in [2.45, 2.75) is 39.7 Å². The van der Waals surface area contributed by atoms with Crippen molar-refractivity contribution in [2.75, 3.05) is 5.73 Å². The second-order valence-corrected chi connectivity index (χ2v) is 5.46. The number of anilines is 1. The summed E-state index contributed by atoms with van der Waals surface area (Å²) in [6.45, 7) is 7.31. The van der Waals surface area contributed by atoms with Crippen LogP contribution in [-0.4, -0.2) is 9.55 Å². The van der Waals surface area contributed by atoms with Crippen molar-refractivity contribution in [3.63, 3.8) is 0 Å². The van der Waals surface area contributed by atoms with Gasteiger partial charge in [0.15, 0.2) is 0 Å². The van der Waals surface area contributed by atoms with Crippen LogP contribution in [0, 0.1) is 0 Å². The van der Waals surface area contributed by atoms with Gasteiger partial charge in [-0.25, -0.2) is 4.98 Å². The number of halogens is 1. The minimum atomic E-state index is 0.349. The highest BCUT2D eigenvalue weighted by molar-refractivity contribution is 6.30. The quantitative estimate of drug-likeness (QED) is 0.904. The molecular weight excluding hydrogens is 258 g/mol. The minimum Gasteiger partial charge on any atom is -0.383 e. The molecule has 2 rings (SSSR count). The Kier molecular flexibility index (Phi) is 4.15. The van der Waals surface area contributed by atoms with E-state index in [0.717, 1.165) is 35.9 Å². The molecule has 0 aliphatic heterocycles. The number of nitrogens with two attached hydrogens (primary N) is 1. The third-order valence-electron chi connectivity index (χ3n) is 3.10. The molecule has 4 heteroatoms. The lowest BCUT2D eigenvalue weighted by atomic mass is 10.1. The second kappa shape index (κ2) is 5.66. The molecule has 0 saturated carbocycles. The Morgan fingerprint density at radius 3 is 2.68 bits per heavy atom. The molecule has 0 atom stereocenters. The van der Waals surface area contributed by atoms with Crippen LogP contribution in [0.25, 0.3) is 11.3 Å². The molecule has 0 amide bonds. The molecule has 0 bridgehead atoms. The summed E-state index contributed by atoms with van der Waals surface area (Å²) in [7, 11) is 0. The fourth-order valence-corrected chi connectivity index (χ4v) is 2.42. The molecule has 102 valence electrons. The fraction of sp³-hybridized carbons (Fsp3) is 0.400. The lowest BCUT2D eigenvalue weighted by Crippen LogP contribution is -2.08. The smallest absolute Gasteiger partial charge is 0.131 e. The molecular formula is C15H20ClN3. The van der Waals surface area contributed by atoms with Crippen molar-refractivity contribution in [3.05, 3.63) is 35.1 Å². The van der Waals surface area contributed by atoms with Crippen molar-refractivity contribution in [2.24, 2.45) is 0 Å². The number of hydrogen-bond donors (Lipinski definition) is 1. The van der Waals surface area contributed by atoms with Gasteiger partial charge in [-0.3, -0.25) is 0 Å². The van der Waals surface area contributed by atoms with Crippen LogP contribution >= 0.6 is 11.6 Å². The van der Waals surface area contributed by atoms with Gasteiger partial charge >= 0.3 is 0 Å². The van der Waals surface area contributed by atoms with E-state index in [1.165, 1.54) is 0 Å². The van der Waals surface area contributed by atoms with Crippen LogP contribution in [0.1, 0.15) is 38.9 Å². The van der Waals surface area contributed by atoms with Gasteiger partial charge in [-0.1, -0.05) is 44.5 Å². The topological polar surface area (TPSA) is 43.8 Å². The first kappa shape index (κ1) is 13.9. The Labute approximate surface area is 119 Å². The van der Waals surface area contributed by atoms with Crippen LogP contribution in [0.15, 0.2) is 24.3 Å². The maximum Gasteiger partial charge on any atom is 0.131 e. The van der Waals surface area contributed by atoms with E-state index in [1.54, 1.807) is 0 Å². The number of imidazole rings is 1. The van der Waals surface area contributed by atoms with E-state index in [4.69, 9.17) is 22.3 Å². The first-order chi connectivity index (χ1) is 9.04. The summed E-state index contributed by atoms with van der Waals surface area (Å²) in [5.74, 6) is 2.11. The van der Waals surface area contributed by atoms with E-state index < -0.39 is 0 Å². The van der Waals surface area contributed by atoms with E-state index in [1.807, 2.05) is 24.3 Å². The first-order valence-corrected chi connectivity index (χ1v) is 7.04. The van der Waals surface area contributed by atoms with Crippen molar-refractivity contribution in [3.8, 4) is 11.3 Å². The van der Waals surface area contributed by atoms with Gasteiger partial charge in [0.25, 0.3) is 0 Å². The molecule has 3 nitrogen and oxygen atoms in total. The zero-order chi connectivity index (χ0) is 14.0. The summed E-state index contributed by atoms with van der Waals surface area (Å²) in [5.41, 5.74) is 8.07. The third-order valence-corrected chi connectivity index (χ3v) is 3.33. The average molecular weight is 278 g/mol. The molecule has 0 unspecified atom stereocenters. The monoisotopic (exact) mass is 277 g/mol. The summed E-state index contributed by atoms with van der Waals surface area (Å²) in [4.78, 5) is 4.72. The summed E-state index contributed by atoms with van der Waals surface area (Å²) >= 11 is 6.04. The van der Waals surface area contributed by atoms with Crippen molar-refractivity contribution in [1.29, 1.82) is 0 Å². The van der Waals surface area contributed by atoms with Gasteiger partial charge in [-0.2, -0.15) is 0 Å². The standard InChI is InChI=1S/C15H20ClN3/c1-4-8-19-14(17)13(18-15(19)10(2)3)11-6-5-7-12(16)9-11/h5-7,9-10H,4,8,17H2,1-3H3. The van der Waals surface area contributed by atoms with E-state index in [0.29, 0.717) is 10.9 Å². The van der Waals surface area contributed by atoms with E-state index >= 15 is 0 Å². The minimum absolute atomic E-state index is 0.349. The van der Waals surface area contributed by atoms with Gasteiger partial charge in [0.05, 0.1) is 0 Å². The predicted octanol–water partition coefficient (Wildman–Crippen LogP) is 4.32. The van der Waals surface area contributed by atoms with Gasteiger partial charge in [0.2, 0.25) is 0 Å². The Morgan fingerprint density at radius 1 is 1.37 bits per heavy atom. The predicted molar refractivity (Wildman–Crippen MR) is 81.5 cm³/mol. The number of rotatable bonds is 4. The Morgan fingerprint density at radius 2 is 2.11 bits per heavy atom. The van der Waals surface area contributed by atoms with Crippen molar-refractivity contribution in [1.82, 2.24) is 9.55 Å². The van der Waals surface area contributed by atoms with Crippen molar-refractivity contribution >= 4 is 17.4 Å². The van der Waals surface area contributed by atoms with E-state index in [9.17, 15) is 0 Å². The highest BCUT2D eigenvalue weighted by atomic mass is 35.5. The normalized spacial score (nSPS) is 11.2. The highest BCUT2D eigenvalue weighted by Gasteiger charge is 2.17. The second-order valence-electron chi connectivity index (χ2n) is 5.02. The SMILES string of the molecule is CCCn1c(C(C)C)nc(-c2cccc(Cl)c2)c1N. The molecule has 0 aliphatic rings. The molecule has 0 aliphatic carbocycles. The summed E-state index contributed by atoms with van der Waals surface area (Å²) in [6.07, 6.45) is 1.04. The highest BCUT2D eigenvalue weighted by Crippen LogP contribution is 2.30. The molecule has 1 aromatic carbocycles. The average Bonchev–Trinajstić information content (AvgIpc) is 2.68. The maximum atomic E-state index is 6.27. The Balaban J connectivity index is 2.55. The van der Waals surface area contributed by atoms with Crippen LogP contribution in [0.3, 0.4) is 0 Å². The lowest BCUT2D eigenvalue weighted by molar-refractivity contribution is 0.616. The molecule has 1 heterocycles. The number of nitrogen functional groups attached to an aromatic ring is 1. The van der Waals surface area contributed by atoms with Crippen LogP contribution in [0.5, 0.6) is 0 Å². The zero-order valence-corrected chi connectivity index (χ0v) is 12.4. The van der Waals surface area contributed by atoms with E-state index in [-0.39, 0.29) is 0 Å². The Hall–Kier alpha value is -1.48. The molecule has 1 aromatic heterocycles. The van der Waals surface area contributed by atoms with Gasteiger partial charge in [0.1, 0.15) is 17.3 Å². The van der Waals surface area contributed by atoms with Crippen molar-refractivity contribution < 1.29 is 0 Å².